The van der Waals surface area contributed by atoms with Crippen LogP contribution in [-0.4, -0.2) is 0 Å². The molecule has 0 saturated carbocycles. The van der Waals surface area contributed by atoms with Crippen LogP contribution in [0.25, 0.3) is 0 Å². The van der Waals surface area contributed by atoms with Crippen LogP contribution in [-0.2, 0) is 0 Å². The molecule has 0 radical (unpaired) electrons. The second-order valence-corrected chi connectivity index (χ2v) is 8.81. The minimum Gasteiger partial charge on any atom is -0.0630 e. The first-order valence-electron chi connectivity index (χ1n) is 7.29. The Bertz CT molecular complexity index is 507. The summed E-state index contributed by atoms with van der Waals surface area (Å²) < 4.78 is 0. The van der Waals surface area contributed by atoms with E-state index in [0.29, 0.717) is 11.8 Å². The van der Waals surface area contributed by atoms with Crippen molar-refractivity contribution in [1.29, 1.82) is 0 Å². The minimum atomic E-state index is 0.615. The summed E-state index contributed by atoms with van der Waals surface area (Å²) in [7, 11) is 1.78. The Morgan fingerprint density at radius 2 is 0.950 bits per heavy atom. The second-order valence-electron chi connectivity index (χ2n) is 5.73. The summed E-state index contributed by atoms with van der Waals surface area (Å²) in [5, 5.41) is 3.08. The zero-order valence-electron chi connectivity index (χ0n) is 12.8. The van der Waals surface area contributed by atoms with Gasteiger partial charge in [-0.2, -0.15) is 0 Å². The molecule has 0 aliphatic rings. The molecule has 106 valence electrons. The third kappa shape index (κ3) is 3.91. The van der Waals surface area contributed by atoms with Gasteiger partial charge in [0.15, 0.2) is 0 Å². The van der Waals surface area contributed by atoms with Crippen LogP contribution in [0, 0.1) is 0 Å². The summed E-state index contributed by atoms with van der Waals surface area (Å²) in [4.78, 5) is 0. The van der Waals surface area contributed by atoms with Gasteiger partial charge in [-0.1, -0.05) is 92.8 Å². The van der Waals surface area contributed by atoms with E-state index in [2.05, 4.69) is 76.2 Å². The summed E-state index contributed by atoms with van der Waals surface area (Å²) in [6.07, 6.45) is 0. The highest BCUT2D eigenvalue weighted by Crippen LogP contribution is 2.38. The van der Waals surface area contributed by atoms with E-state index in [9.17, 15) is 0 Å². The van der Waals surface area contributed by atoms with Crippen molar-refractivity contribution in [2.24, 2.45) is 0 Å². The Hall–Kier alpha value is -0.700. The van der Waals surface area contributed by atoms with Crippen LogP contribution in [0.2, 0.25) is 0 Å². The summed E-state index contributed by atoms with van der Waals surface area (Å²) in [5.74, 6) is 1.23. The van der Waals surface area contributed by atoms with Crippen LogP contribution in [0.15, 0.2) is 48.5 Å². The molecule has 0 N–H and O–H groups in total. The van der Waals surface area contributed by atoms with Crippen molar-refractivity contribution in [2.45, 2.75) is 39.5 Å². The third-order valence-corrected chi connectivity index (χ3v) is 7.06. The molecule has 0 amide bonds. The largest absolute Gasteiger partial charge is 0.0630 e. The van der Waals surface area contributed by atoms with Crippen LogP contribution < -0.4 is 10.6 Å². The average Bonchev–Trinajstić information content (AvgIpc) is 2.45. The van der Waals surface area contributed by atoms with Crippen molar-refractivity contribution in [1.82, 2.24) is 0 Å². The number of benzene rings is 2. The lowest BCUT2D eigenvalue weighted by atomic mass is 10.0. The molecule has 0 aromatic heterocycles. The van der Waals surface area contributed by atoms with Gasteiger partial charge in [0.2, 0.25) is 0 Å². The molecule has 2 aromatic carbocycles. The highest BCUT2D eigenvalue weighted by atomic mass is 32.0. The van der Waals surface area contributed by atoms with E-state index >= 15 is 0 Å². The molecule has 0 aliphatic carbocycles. The number of hydrogen-bond donors (Lipinski definition) is 0. The van der Waals surface area contributed by atoms with E-state index in [4.69, 9.17) is 0 Å². The molecule has 20 heavy (non-hydrogen) atoms. The fourth-order valence-electron chi connectivity index (χ4n) is 2.36. The maximum absolute atomic E-state index is 2.30. The lowest BCUT2D eigenvalue weighted by molar-refractivity contribution is 0.873. The summed E-state index contributed by atoms with van der Waals surface area (Å²) in [6.45, 7) is 9.14. The lowest BCUT2D eigenvalue weighted by Crippen LogP contribution is -2.07. The predicted molar refractivity (Wildman–Crippen MR) is 97.0 cm³/mol. The Labute approximate surface area is 126 Å². The van der Waals surface area contributed by atoms with Gasteiger partial charge in [-0.3, -0.25) is 0 Å². The summed E-state index contributed by atoms with van der Waals surface area (Å²) >= 11 is 0. The molecule has 0 saturated heterocycles. The van der Waals surface area contributed by atoms with Crippen LogP contribution in [0.5, 0.6) is 0 Å². The standard InChI is InChI=1S/C18H24P2/c1-13(2)15-9-5-7-11-17(15)19-20-18-12-8-6-10-16(18)14(3)4/h5-14,19-20H,1-4H3. The SMILES string of the molecule is CC(C)c1ccccc1PPc1ccccc1C(C)C. The summed E-state index contributed by atoms with van der Waals surface area (Å²) in [5.41, 5.74) is 3.03. The van der Waals surface area contributed by atoms with E-state index < -0.39 is 0 Å². The Morgan fingerprint density at radius 1 is 0.600 bits per heavy atom. The molecule has 2 rings (SSSR count). The maximum atomic E-state index is 2.30. The van der Waals surface area contributed by atoms with Gasteiger partial charge in [-0.15, -0.1) is 0 Å². The van der Waals surface area contributed by atoms with Crippen molar-refractivity contribution in [3.05, 3.63) is 59.7 Å². The van der Waals surface area contributed by atoms with Gasteiger partial charge in [0.05, 0.1) is 0 Å². The molecular weight excluding hydrogens is 278 g/mol. The van der Waals surface area contributed by atoms with Crippen molar-refractivity contribution in [3.8, 4) is 0 Å². The highest BCUT2D eigenvalue weighted by Gasteiger charge is 2.09. The first kappa shape index (κ1) is 15.7. The van der Waals surface area contributed by atoms with Gasteiger partial charge in [-0.05, 0) is 33.6 Å². The van der Waals surface area contributed by atoms with Gasteiger partial charge < -0.3 is 0 Å². The Kier molecular flexibility index (Phi) is 5.76. The third-order valence-electron chi connectivity index (χ3n) is 3.50. The molecule has 2 atom stereocenters. The van der Waals surface area contributed by atoms with E-state index in [-0.39, 0.29) is 0 Å². The topological polar surface area (TPSA) is 0 Å². The molecule has 0 heterocycles. The van der Waals surface area contributed by atoms with E-state index in [1.165, 1.54) is 11.1 Å². The van der Waals surface area contributed by atoms with E-state index in [0.717, 1.165) is 16.5 Å². The Morgan fingerprint density at radius 3 is 1.30 bits per heavy atom. The molecule has 0 bridgehead atoms. The monoisotopic (exact) mass is 302 g/mol. The highest BCUT2D eigenvalue weighted by molar-refractivity contribution is 8.18. The molecule has 2 aromatic rings. The van der Waals surface area contributed by atoms with Crippen molar-refractivity contribution < 1.29 is 0 Å². The summed E-state index contributed by atoms with van der Waals surface area (Å²) in [6, 6.07) is 17.8. The smallest absolute Gasteiger partial charge is 0.0193 e. The van der Waals surface area contributed by atoms with E-state index in [1.54, 1.807) is 10.6 Å². The number of hydrogen-bond acceptors (Lipinski definition) is 0. The predicted octanol–water partition coefficient (Wildman–Crippen LogP) is 5.16. The molecule has 0 spiro atoms. The fraction of sp³-hybridized carbons (Fsp3) is 0.333. The molecule has 2 heteroatoms. The van der Waals surface area contributed by atoms with Crippen LogP contribution in [0.4, 0.5) is 0 Å². The average molecular weight is 302 g/mol. The van der Waals surface area contributed by atoms with Gasteiger partial charge in [-0.25, -0.2) is 0 Å². The second kappa shape index (κ2) is 7.35. The maximum Gasteiger partial charge on any atom is -0.0193 e. The van der Waals surface area contributed by atoms with Gasteiger partial charge in [0.1, 0.15) is 0 Å². The van der Waals surface area contributed by atoms with Gasteiger partial charge in [0.25, 0.3) is 0 Å². The fourth-order valence-corrected chi connectivity index (χ4v) is 6.20. The van der Waals surface area contributed by atoms with Crippen LogP contribution >= 0.6 is 16.5 Å². The zero-order chi connectivity index (χ0) is 14.5. The zero-order valence-corrected chi connectivity index (χ0v) is 14.8. The normalized spacial score (nSPS) is 12.5. The molecule has 0 aliphatic heterocycles. The quantitative estimate of drug-likeness (QED) is 0.670. The first-order chi connectivity index (χ1) is 9.59. The first-order valence-corrected chi connectivity index (χ1v) is 10.3. The van der Waals surface area contributed by atoms with Crippen molar-refractivity contribution in [2.75, 3.05) is 0 Å². The van der Waals surface area contributed by atoms with E-state index in [1.807, 2.05) is 0 Å². The molecule has 0 nitrogen and oxygen atoms in total. The molecule has 0 fully saturated rings. The minimum absolute atomic E-state index is 0.615. The van der Waals surface area contributed by atoms with Crippen molar-refractivity contribution in [3.63, 3.8) is 0 Å². The van der Waals surface area contributed by atoms with Gasteiger partial charge in [0, 0.05) is 0 Å². The van der Waals surface area contributed by atoms with Crippen LogP contribution in [0.3, 0.4) is 0 Å². The number of rotatable bonds is 5. The van der Waals surface area contributed by atoms with Crippen LogP contribution in [0.1, 0.15) is 50.7 Å². The molecule has 2 unspecified atom stereocenters. The van der Waals surface area contributed by atoms with Crippen molar-refractivity contribution >= 4 is 27.1 Å². The molecular formula is C18H24P2. The lowest BCUT2D eigenvalue weighted by Gasteiger charge is -2.15. The Balaban J connectivity index is 2.17. The van der Waals surface area contributed by atoms with Gasteiger partial charge >= 0.3 is 0 Å².